The van der Waals surface area contributed by atoms with Crippen molar-refractivity contribution < 1.29 is 9.90 Å². The number of carbonyl (C=O) groups excluding carboxylic acids is 1. The van der Waals surface area contributed by atoms with Gasteiger partial charge < -0.3 is 10.4 Å². The molecule has 2 N–H and O–H groups in total. The van der Waals surface area contributed by atoms with Gasteiger partial charge in [-0.05, 0) is 31.9 Å². The fourth-order valence-electron chi connectivity index (χ4n) is 2.72. The van der Waals surface area contributed by atoms with Crippen LogP contribution in [-0.4, -0.2) is 23.2 Å². The molecule has 0 atom stereocenters. The molecular weight excluding hydrogens is 250 g/mol. The summed E-state index contributed by atoms with van der Waals surface area (Å²) in [5.41, 5.74) is 1.14. The number of nitrogens with one attached hydrogen (secondary N) is 1. The first-order valence-electron chi connectivity index (χ1n) is 7.16. The standard InChI is InChI=1S/C17H21NO2/c1-17(11-5-2-6-12-17)18-16(20)15-10-4-3-8-14(15)9-7-13-19/h3-4,8,10,19H,2,5-6,11-13H2,1H3,(H,18,20). The van der Waals surface area contributed by atoms with Crippen molar-refractivity contribution in [1.82, 2.24) is 5.32 Å². The third kappa shape index (κ3) is 3.61. The summed E-state index contributed by atoms with van der Waals surface area (Å²) < 4.78 is 0. The number of rotatable bonds is 2. The largest absolute Gasteiger partial charge is 0.384 e. The fourth-order valence-corrected chi connectivity index (χ4v) is 2.72. The first-order valence-corrected chi connectivity index (χ1v) is 7.16. The van der Waals surface area contributed by atoms with Crippen molar-refractivity contribution in [2.45, 2.75) is 44.6 Å². The number of hydrogen-bond acceptors (Lipinski definition) is 2. The highest BCUT2D eigenvalue weighted by atomic mass is 16.2. The lowest BCUT2D eigenvalue weighted by Crippen LogP contribution is -2.47. The molecule has 1 aromatic carbocycles. The van der Waals surface area contributed by atoms with Crippen LogP contribution >= 0.6 is 0 Å². The first-order chi connectivity index (χ1) is 9.64. The fraction of sp³-hybridized carbons (Fsp3) is 0.471. The van der Waals surface area contributed by atoms with E-state index in [1.54, 1.807) is 12.1 Å². The highest BCUT2D eigenvalue weighted by molar-refractivity contribution is 5.97. The van der Waals surface area contributed by atoms with Crippen LogP contribution in [-0.2, 0) is 0 Å². The van der Waals surface area contributed by atoms with Gasteiger partial charge in [-0.2, -0.15) is 0 Å². The Morgan fingerprint density at radius 1 is 1.30 bits per heavy atom. The monoisotopic (exact) mass is 271 g/mol. The van der Waals surface area contributed by atoms with Gasteiger partial charge in [0.15, 0.2) is 0 Å². The minimum absolute atomic E-state index is 0.0720. The minimum Gasteiger partial charge on any atom is -0.384 e. The van der Waals surface area contributed by atoms with Crippen molar-refractivity contribution in [2.75, 3.05) is 6.61 Å². The summed E-state index contributed by atoms with van der Waals surface area (Å²) in [5, 5.41) is 11.9. The van der Waals surface area contributed by atoms with Crippen LogP contribution in [0.3, 0.4) is 0 Å². The van der Waals surface area contributed by atoms with Gasteiger partial charge in [0, 0.05) is 11.1 Å². The van der Waals surface area contributed by atoms with Crippen LogP contribution in [0.4, 0.5) is 0 Å². The molecule has 0 saturated heterocycles. The molecule has 0 heterocycles. The number of benzene rings is 1. The van der Waals surface area contributed by atoms with Gasteiger partial charge in [-0.3, -0.25) is 4.79 Å². The second kappa shape index (κ2) is 6.58. The van der Waals surface area contributed by atoms with Gasteiger partial charge in [-0.25, -0.2) is 0 Å². The Hall–Kier alpha value is -1.79. The van der Waals surface area contributed by atoms with Gasteiger partial charge in [-0.1, -0.05) is 43.2 Å². The molecule has 0 radical (unpaired) electrons. The molecule has 20 heavy (non-hydrogen) atoms. The van der Waals surface area contributed by atoms with Gasteiger partial charge in [-0.15, -0.1) is 0 Å². The molecule has 1 amide bonds. The van der Waals surface area contributed by atoms with E-state index in [0.717, 1.165) is 12.8 Å². The van der Waals surface area contributed by atoms with E-state index < -0.39 is 0 Å². The summed E-state index contributed by atoms with van der Waals surface area (Å²) in [4.78, 5) is 12.5. The molecule has 1 fully saturated rings. The molecule has 1 aliphatic rings. The van der Waals surface area contributed by atoms with Crippen LogP contribution in [0.2, 0.25) is 0 Å². The van der Waals surface area contributed by atoms with E-state index in [4.69, 9.17) is 5.11 Å². The van der Waals surface area contributed by atoms with Gasteiger partial charge >= 0.3 is 0 Å². The second-order valence-electron chi connectivity index (χ2n) is 5.58. The normalized spacial score (nSPS) is 16.9. The topological polar surface area (TPSA) is 49.3 Å². The molecule has 1 aliphatic carbocycles. The van der Waals surface area contributed by atoms with Gasteiger partial charge in [0.05, 0.1) is 5.56 Å². The molecule has 0 aliphatic heterocycles. The molecule has 3 nitrogen and oxygen atoms in total. The van der Waals surface area contributed by atoms with E-state index >= 15 is 0 Å². The number of aliphatic hydroxyl groups excluding tert-OH is 1. The van der Waals surface area contributed by atoms with E-state index in [0.29, 0.717) is 11.1 Å². The summed E-state index contributed by atoms with van der Waals surface area (Å²) >= 11 is 0. The van der Waals surface area contributed by atoms with Gasteiger partial charge in [0.25, 0.3) is 5.91 Å². The summed E-state index contributed by atoms with van der Waals surface area (Å²) in [6.07, 6.45) is 5.65. The van der Waals surface area contributed by atoms with Gasteiger partial charge in [0.1, 0.15) is 6.61 Å². The Bertz CT molecular complexity index is 533. The smallest absolute Gasteiger partial charge is 0.252 e. The van der Waals surface area contributed by atoms with Crippen LogP contribution in [0.5, 0.6) is 0 Å². The van der Waals surface area contributed by atoms with Crippen molar-refractivity contribution in [3.63, 3.8) is 0 Å². The second-order valence-corrected chi connectivity index (χ2v) is 5.58. The molecule has 1 saturated carbocycles. The van der Waals surface area contributed by atoms with E-state index in [2.05, 4.69) is 24.1 Å². The maximum atomic E-state index is 12.5. The Kier molecular flexibility index (Phi) is 4.81. The van der Waals surface area contributed by atoms with Crippen molar-refractivity contribution >= 4 is 5.91 Å². The SMILES string of the molecule is CC1(NC(=O)c2ccccc2C#CCO)CCCCC1. The van der Waals surface area contributed by atoms with Crippen LogP contribution in [0.15, 0.2) is 24.3 Å². The zero-order valence-electron chi connectivity index (χ0n) is 11.9. The lowest BCUT2D eigenvalue weighted by Gasteiger charge is -2.34. The predicted molar refractivity (Wildman–Crippen MR) is 79.4 cm³/mol. The third-order valence-electron chi connectivity index (χ3n) is 3.85. The summed E-state index contributed by atoms with van der Waals surface area (Å²) in [6.45, 7) is 1.92. The molecule has 2 rings (SSSR count). The highest BCUT2D eigenvalue weighted by Crippen LogP contribution is 2.28. The zero-order valence-corrected chi connectivity index (χ0v) is 11.9. The lowest BCUT2D eigenvalue weighted by atomic mass is 9.83. The van der Waals surface area contributed by atoms with Crippen molar-refractivity contribution in [3.05, 3.63) is 35.4 Å². The van der Waals surface area contributed by atoms with E-state index in [-0.39, 0.29) is 18.1 Å². The van der Waals surface area contributed by atoms with Crippen LogP contribution in [0.25, 0.3) is 0 Å². The summed E-state index contributed by atoms with van der Waals surface area (Å²) in [6, 6.07) is 7.27. The summed E-state index contributed by atoms with van der Waals surface area (Å²) in [5.74, 6) is 5.36. The lowest BCUT2D eigenvalue weighted by molar-refractivity contribution is 0.0882. The Morgan fingerprint density at radius 3 is 2.70 bits per heavy atom. The van der Waals surface area contributed by atoms with Gasteiger partial charge in [0.2, 0.25) is 0 Å². The zero-order chi connectivity index (χ0) is 14.4. The van der Waals surface area contributed by atoms with Crippen molar-refractivity contribution in [3.8, 4) is 11.8 Å². The van der Waals surface area contributed by atoms with Crippen LogP contribution in [0, 0.1) is 11.8 Å². The quantitative estimate of drug-likeness (QED) is 0.812. The minimum atomic E-state index is -0.201. The molecular formula is C17H21NO2. The molecule has 0 spiro atoms. The predicted octanol–water partition coefficient (Wildman–Crippen LogP) is 2.48. The maximum Gasteiger partial charge on any atom is 0.252 e. The van der Waals surface area contributed by atoms with Crippen molar-refractivity contribution in [1.29, 1.82) is 0 Å². The average Bonchev–Trinajstić information content (AvgIpc) is 2.45. The Labute approximate surface area is 120 Å². The number of aliphatic hydroxyl groups is 1. The van der Waals surface area contributed by atoms with Crippen LogP contribution in [0.1, 0.15) is 54.9 Å². The average molecular weight is 271 g/mol. The molecule has 3 heteroatoms. The third-order valence-corrected chi connectivity index (χ3v) is 3.85. The highest BCUT2D eigenvalue weighted by Gasteiger charge is 2.29. The number of carbonyl (C=O) groups is 1. The first kappa shape index (κ1) is 14.6. The van der Waals surface area contributed by atoms with Crippen LogP contribution < -0.4 is 5.32 Å². The molecule has 0 bridgehead atoms. The number of amides is 1. The summed E-state index contributed by atoms with van der Waals surface area (Å²) in [7, 11) is 0. The van der Waals surface area contributed by atoms with Crippen molar-refractivity contribution in [2.24, 2.45) is 0 Å². The Morgan fingerprint density at radius 2 is 2.00 bits per heavy atom. The van der Waals surface area contributed by atoms with E-state index in [9.17, 15) is 4.79 Å². The molecule has 0 unspecified atom stereocenters. The van der Waals surface area contributed by atoms with E-state index in [1.165, 1.54) is 19.3 Å². The van der Waals surface area contributed by atoms with E-state index in [1.807, 2.05) is 12.1 Å². The Balaban J connectivity index is 2.16. The molecule has 0 aromatic heterocycles. The molecule has 1 aromatic rings. The number of hydrogen-bond donors (Lipinski definition) is 2. The maximum absolute atomic E-state index is 12.5. The molecule has 106 valence electrons.